The summed E-state index contributed by atoms with van der Waals surface area (Å²) < 4.78 is 0. The van der Waals surface area contributed by atoms with E-state index in [2.05, 4.69) is 12.1 Å². The second kappa shape index (κ2) is 2.93. The molecular weight excluding hydrogens is 182 g/mol. The number of anilines is 1. The van der Waals surface area contributed by atoms with Crippen LogP contribution in [0.15, 0.2) is 30.3 Å². The van der Waals surface area contributed by atoms with E-state index in [4.69, 9.17) is 17.3 Å². The molecule has 66 valence electrons. The molecule has 2 aromatic carbocycles. The highest BCUT2D eigenvalue weighted by atomic mass is 35.5. The lowest BCUT2D eigenvalue weighted by Gasteiger charge is -2.03. The molecule has 1 nitrogen and oxygen atoms in total. The van der Waals surface area contributed by atoms with Crippen LogP contribution in [0.3, 0.4) is 0 Å². The van der Waals surface area contributed by atoms with Gasteiger partial charge in [0, 0.05) is 16.1 Å². The zero-order chi connectivity index (χ0) is 9.42. The summed E-state index contributed by atoms with van der Waals surface area (Å²) in [5.74, 6) is 0. The summed E-state index contributed by atoms with van der Waals surface area (Å²) in [5.41, 5.74) is 7.79. The second-order valence-corrected chi connectivity index (χ2v) is 3.66. The predicted octanol–water partition coefficient (Wildman–Crippen LogP) is 3.38. The van der Waals surface area contributed by atoms with Crippen molar-refractivity contribution in [3.63, 3.8) is 0 Å². The molecule has 2 aromatic rings. The van der Waals surface area contributed by atoms with Crippen molar-refractivity contribution in [2.75, 3.05) is 5.73 Å². The van der Waals surface area contributed by atoms with Gasteiger partial charge in [0.15, 0.2) is 0 Å². The fourth-order valence-corrected chi connectivity index (χ4v) is 1.70. The summed E-state index contributed by atoms with van der Waals surface area (Å²) in [5, 5.41) is 2.86. The Morgan fingerprint density at radius 3 is 2.69 bits per heavy atom. The van der Waals surface area contributed by atoms with Crippen LogP contribution >= 0.6 is 11.6 Å². The molecular formula is C11H10ClN. The van der Waals surface area contributed by atoms with E-state index >= 15 is 0 Å². The number of aryl methyl sites for hydroxylation is 1. The molecule has 0 radical (unpaired) electrons. The van der Waals surface area contributed by atoms with Crippen LogP contribution in [0.25, 0.3) is 10.8 Å². The molecule has 2 heteroatoms. The first-order chi connectivity index (χ1) is 6.16. The summed E-state index contributed by atoms with van der Waals surface area (Å²) in [4.78, 5) is 0. The lowest BCUT2D eigenvalue weighted by Crippen LogP contribution is -1.87. The molecule has 0 atom stereocenters. The van der Waals surface area contributed by atoms with Crippen molar-refractivity contribution in [3.8, 4) is 0 Å². The van der Waals surface area contributed by atoms with E-state index in [0.29, 0.717) is 5.02 Å². The van der Waals surface area contributed by atoms with Crippen LogP contribution in [-0.4, -0.2) is 0 Å². The zero-order valence-corrected chi connectivity index (χ0v) is 8.10. The van der Waals surface area contributed by atoms with Crippen LogP contribution in [0.2, 0.25) is 5.02 Å². The largest absolute Gasteiger partial charge is 0.398 e. The molecule has 0 saturated heterocycles. The Morgan fingerprint density at radius 1 is 1.15 bits per heavy atom. The highest BCUT2D eigenvalue weighted by molar-refractivity contribution is 6.31. The molecule has 0 spiro atoms. The number of hydrogen-bond acceptors (Lipinski definition) is 1. The molecule has 0 bridgehead atoms. The van der Waals surface area contributed by atoms with E-state index in [1.807, 2.05) is 19.1 Å². The number of fused-ring (bicyclic) bond motifs is 1. The Morgan fingerprint density at radius 2 is 1.92 bits per heavy atom. The van der Waals surface area contributed by atoms with Crippen molar-refractivity contribution < 1.29 is 0 Å². The normalized spacial score (nSPS) is 10.6. The number of benzene rings is 2. The van der Waals surface area contributed by atoms with Crippen LogP contribution in [0.1, 0.15) is 5.56 Å². The maximum absolute atomic E-state index is 5.88. The van der Waals surface area contributed by atoms with Gasteiger partial charge >= 0.3 is 0 Å². The number of rotatable bonds is 0. The number of hydrogen-bond donors (Lipinski definition) is 1. The maximum atomic E-state index is 5.88. The lowest BCUT2D eigenvalue weighted by molar-refractivity contribution is 1.51. The Balaban J connectivity index is 2.87. The van der Waals surface area contributed by atoms with Crippen molar-refractivity contribution in [3.05, 3.63) is 40.9 Å². The van der Waals surface area contributed by atoms with Gasteiger partial charge in [-0.2, -0.15) is 0 Å². The van der Waals surface area contributed by atoms with Crippen molar-refractivity contribution in [2.45, 2.75) is 6.92 Å². The summed E-state index contributed by atoms with van der Waals surface area (Å²) in [6.45, 7) is 2.05. The minimum absolute atomic E-state index is 0.689. The van der Waals surface area contributed by atoms with E-state index in [9.17, 15) is 0 Å². The highest BCUT2D eigenvalue weighted by Crippen LogP contribution is 2.26. The molecule has 0 amide bonds. The monoisotopic (exact) mass is 191 g/mol. The zero-order valence-electron chi connectivity index (χ0n) is 7.34. The summed E-state index contributed by atoms with van der Waals surface area (Å²) in [6, 6.07) is 9.86. The van der Waals surface area contributed by atoms with Crippen LogP contribution in [0.5, 0.6) is 0 Å². The van der Waals surface area contributed by atoms with Gasteiger partial charge in [0.05, 0.1) is 0 Å². The van der Waals surface area contributed by atoms with Gasteiger partial charge in [-0.25, -0.2) is 0 Å². The highest BCUT2D eigenvalue weighted by Gasteiger charge is 1.99. The van der Waals surface area contributed by atoms with Gasteiger partial charge in [0.2, 0.25) is 0 Å². The van der Waals surface area contributed by atoms with Crippen LogP contribution in [0.4, 0.5) is 5.69 Å². The fourth-order valence-electron chi connectivity index (χ4n) is 1.46. The first kappa shape index (κ1) is 8.39. The molecule has 0 aromatic heterocycles. The molecule has 0 aliphatic carbocycles. The fraction of sp³-hybridized carbons (Fsp3) is 0.0909. The van der Waals surface area contributed by atoms with E-state index in [-0.39, 0.29) is 0 Å². The first-order valence-corrected chi connectivity index (χ1v) is 4.50. The lowest BCUT2D eigenvalue weighted by atomic mass is 10.1. The third kappa shape index (κ3) is 1.47. The molecule has 2 N–H and O–H groups in total. The van der Waals surface area contributed by atoms with E-state index in [1.165, 1.54) is 5.56 Å². The summed E-state index contributed by atoms with van der Waals surface area (Å²) in [6.07, 6.45) is 0. The van der Waals surface area contributed by atoms with Gasteiger partial charge in [-0.15, -0.1) is 0 Å². The van der Waals surface area contributed by atoms with Gasteiger partial charge in [-0.05, 0) is 30.5 Å². The van der Waals surface area contributed by atoms with Crippen molar-refractivity contribution in [2.24, 2.45) is 0 Å². The standard InChI is InChI=1S/C11H10ClN/c1-7-2-3-8-5-9(12)6-11(13)10(8)4-7/h2-6H,13H2,1H3. The predicted molar refractivity (Wildman–Crippen MR) is 58.1 cm³/mol. The van der Waals surface area contributed by atoms with Gasteiger partial charge in [0.25, 0.3) is 0 Å². The topological polar surface area (TPSA) is 26.0 Å². The van der Waals surface area contributed by atoms with E-state index in [0.717, 1.165) is 16.5 Å². The van der Waals surface area contributed by atoms with Crippen LogP contribution in [0, 0.1) is 6.92 Å². The summed E-state index contributed by atoms with van der Waals surface area (Å²) >= 11 is 5.88. The SMILES string of the molecule is Cc1ccc2cc(Cl)cc(N)c2c1. The maximum Gasteiger partial charge on any atom is 0.0432 e. The van der Waals surface area contributed by atoms with Gasteiger partial charge in [-0.3, -0.25) is 0 Å². The first-order valence-electron chi connectivity index (χ1n) is 4.12. The Hall–Kier alpha value is -1.21. The Bertz CT molecular complexity index is 463. The molecule has 0 fully saturated rings. The smallest absolute Gasteiger partial charge is 0.0432 e. The Labute approximate surface area is 82.1 Å². The molecule has 0 heterocycles. The third-order valence-corrected chi connectivity index (χ3v) is 2.32. The Kier molecular flexibility index (Phi) is 1.89. The van der Waals surface area contributed by atoms with E-state index < -0.39 is 0 Å². The minimum atomic E-state index is 0.689. The number of nitrogen functional groups attached to an aromatic ring is 1. The van der Waals surface area contributed by atoms with Crippen molar-refractivity contribution >= 4 is 28.1 Å². The second-order valence-electron chi connectivity index (χ2n) is 3.22. The average Bonchev–Trinajstić information content (AvgIpc) is 2.06. The van der Waals surface area contributed by atoms with Gasteiger partial charge < -0.3 is 5.73 Å². The average molecular weight is 192 g/mol. The molecule has 0 aliphatic heterocycles. The van der Waals surface area contributed by atoms with Crippen molar-refractivity contribution in [1.29, 1.82) is 0 Å². The minimum Gasteiger partial charge on any atom is -0.398 e. The molecule has 0 unspecified atom stereocenters. The van der Waals surface area contributed by atoms with E-state index in [1.54, 1.807) is 6.07 Å². The quantitative estimate of drug-likeness (QED) is 0.635. The van der Waals surface area contributed by atoms with Gasteiger partial charge in [0.1, 0.15) is 0 Å². The van der Waals surface area contributed by atoms with Crippen LogP contribution < -0.4 is 5.73 Å². The molecule has 13 heavy (non-hydrogen) atoms. The van der Waals surface area contributed by atoms with Gasteiger partial charge in [-0.1, -0.05) is 29.3 Å². The molecule has 0 saturated carbocycles. The third-order valence-electron chi connectivity index (χ3n) is 2.11. The van der Waals surface area contributed by atoms with Crippen molar-refractivity contribution in [1.82, 2.24) is 0 Å². The molecule has 0 aliphatic rings. The summed E-state index contributed by atoms with van der Waals surface area (Å²) in [7, 11) is 0. The number of nitrogens with two attached hydrogens (primary N) is 1. The molecule has 2 rings (SSSR count). The van der Waals surface area contributed by atoms with Crippen LogP contribution in [-0.2, 0) is 0 Å². The number of halogens is 1.